The molecular weight excluding hydrogens is 444 g/mol. The largest absolute Gasteiger partial charge is 0.361 e. The highest BCUT2D eigenvalue weighted by atomic mass is 16.5. The summed E-state index contributed by atoms with van der Waals surface area (Å²) in [6.45, 7) is 20.2. The van der Waals surface area contributed by atoms with E-state index in [2.05, 4.69) is 66.6 Å². The van der Waals surface area contributed by atoms with Crippen LogP contribution < -0.4 is 5.73 Å². The smallest absolute Gasteiger partial charge is 0.159 e. The van der Waals surface area contributed by atoms with Crippen LogP contribution in [0, 0.1) is 50.7 Å². The van der Waals surface area contributed by atoms with Gasteiger partial charge in [0.05, 0.1) is 6.20 Å². The fraction of sp³-hybridized carbons (Fsp3) is 0.812. The van der Waals surface area contributed by atoms with Gasteiger partial charge in [-0.1, -0.05) is 66.1 Å². The molecule has 198 valence electrons. The second-order valence-electron chi connectivity index (χ2n) is 15.3. The summed E-state index contributed by atoms with van der Waals surface area (Å²) in [7, 11) is 0. The van der Waals surface area contributed by atoms with Crippen molar-refractivity contribution in [3.63, 3.8) is 0 Å². The standard InChI is InChI=1S/C32H48N2O2/c1-19-9-10-32(18-33)14-12-29(6)25(24(32)20(19)2)22(35)15-23-28(29,5)11-13-31(8)27(3,4)26-21(17-34-36-26)16-30(23,31)7/h15,17,19-20,24-25H,9-14,16,18,33H2,1-8H3/t19-,20+,24+,25-,28-,29-,30-,31+,32-/m1/s1. The molecule has 1 aromatic heterocycles. The molecule has 0 spiro atoms. The minimum absolute atomic E-state index is 0.00570. The van der Waals surface area contributed by atoms with Crippen LogP contribution in [0.4, 0.5) is 0 Å². The molecule has 5 aliphatic carbocycles. The Morgan fingerprint density at radius 2 is 1.72 bits per heavy atom. The molecule has 4 nitrogen and oxygen atoms in total. The third kappa shape index (κ3) is 2.52. The van der Waals surface area contributed by atoms with Crippen molar-refractivity contribution in [1.29, 1.82) is 0 Å². The first kappa shape index (κ1) is 24.9. The molecular formula is C32H48N2O2. The third-order valence-corrected chi connectivity index (χ3v) is 14.4. The number of carbonyl (C=O) groups excluding carboxylic acids is 1. The van der Waals surface area contributed by atoms with Crippen molar-refractivity contribution >= 4 is 5.78 Å². The first-order valence-corrected chi connectivity index (χ1v) is 14.6. The maximum absolute atomic E-state index is 14.5. The number of fused-ring (bicyclic) bond motifs is 8. The number of nitrogens with two attached hydrogens (primary N) is 1. The lowest BCUT2D eigenvalue weighted by Crippen LogP contribution is -2.68. The summed E-state index contributed by atoms with van der Waals surface area (Å²) in [4.78, 5) is 14.5. The highest BCUT2D eigenvalue weighted by Crippen LogP contribution is 2.77. The quantitative estimate of drug-likeness (QED) is 0.464. The van der Waals surface area contributed by atoms with Gasteiger partial charge in [-0.25, -0.2) is 0 Å². The van der Waals surface area contributed by atoms with Crippen molar-refractivity contribution < 1.29 is 9.32 Å². The van der Waals surface area contributed by atoms with Crippen LogP contribution in [0.2, 0.25) is 0 Å². The molecule has 5 aliphatic rings. The molecule has 0 unspecified atom stereocenters. The van der Waals surface area contributed by atoms with Crippen LogP contribution in [-0.2, 0) is 16.6 Å². The van der Waals surface area contributed by atoms with Gasteiger partial charge in [-0.3, -0.25) is 4.79 Å². The molecule has 0 aliphatic heterocycles. The first-order valence-electron chi connectivity index (χ1n) is 14.6. The Balaban J connectivity index is 1.54. The minimum atomic E-state index is -0.149. The van der Waals surface area contributed by atoms with Crippen LogP contribution in [0.3, 0.4) is 0 Å². The highest BCUT2D eigenvalue weighted by molar-refractivity contribution is 5.95. The summed E-state index contributed by atoms with van der Waals surface area (Å²) < 4.78 is 5.87. The van der Waals surface area contributed by atoms with E-state index in [0.29, 0.717) is 23.5 Å². The summed E-state index contributed by atoms with van der Waals surface area (Å²) in [5.74, 6) is 3.10. The lowest BCUT2D eigenvalue weighted by atomic mass is 9.31. The molecule has 4 heteroatoms. The van der Waals surface area contributed by atoms with Crippen LogP contribution in [0.5, 0.6) is 0 Å². The average molecular weight is 493 g/mol. The molecule has 0 amide bonds. The van der Waals surface area contributed by atoms with Crippen molar-refractivity contribution in [2.75, 3.05) is 6.54 Å². The Morgan fingerprint density at radius 3 is 2.42 bits per heavy atom. The summed E-state index contributed by atoms with van der Waals surface area (Å²) in [5.41, 5.74) is 9.06. The second kappa shape index (κ2) is 7.16. The van der Waals surface area contributed by atoms with E-state index in [1.807, 2.05) is 6.20 Å². The Labute approximate surface area is 218 Å². The maximum Gasteiger partial charge on any atom is 0.159 e. The lowest BCUT2D eigenvalue weighted by Gasteiger charge is -2.72. The molecule has 1 heterocycles. The summed E-state index contributed by atoms with van der Waals surface area (Å²) in [6.07, 6.45) is 12.0. The molecule has 3 saturated carbocycles. The van der Waals surface area contributed by atoms with E-state index in [-0.39, 0.29) is 38.4 Å². The Kier molecular flexibility index (Phi) is 4.95. The van der Waals surface area contributed by atoms with Gasteiger partial charge in [-0.2, -0.15) is 0 Å². The van der Waals surface area contributed by atoms with Gasteiger partial charge < -0.3 is 10.3 Å². The van der Waals surface area contributed by atoms with Gasteiger partial charge in [0, 0.05) is 16.9 Å². The third-order valence-electron chi connectivity index (χ3n) is 14.4. The van der Waals surface area contributed by atoms with Crippen LogP contribution in [0.25, 0.3) is 0 Å². The van der Waals surface area contributed by atoms with E-state index >= 15 is 0 Å². The van der Waals surface area contributed by atoms with Crippen LogP contribution >= 0.6 is 0 Å². The molecule has 2 N–H and O–H groups in total. The molecule has 9 atom stereocenters. The summed E-state index contributed by atoms with van der Waals surface area (Å²) in [5, 5.41) is 4.24. The number of ketones is 1. The first-order chi connectivity index (χ1) is 16.7. The normalized spacial score (nSPS) is 51.2. The summed E-state index contributed by atoms with van der Waals surface area (Å²) >= 11 is 0. The SMILES string of the molecule is C[C@@H]1[C@H]2[C@H]3C(=O)C=C4[C@@]5(C)Cc6cnoc6C(C)(C)[C@]5(C)CC[C@@]4(C)[C@]3(C)CC[C@@]2(CN)CC[C@H]1C. The van der Waals surface area contributed by atoms with Crippen molar-refractivity contribution in [3.8, 4) is 0 Å². The second-order valence-corrected chi connectivity index (χ2v) is 15.3. The van der Waals surface area contributed by atoms with Gasteiger partial charge in [0.1, 0.15) is 5.76 Å². The van der Waals surface area contributed by atoms with Gasteiger partial charge in [0.2, 0.25) is 0 Å². The number of nitrogens with zero attached hydrogens (tertiary/aromatic N) is 1. The molecule has 0 saturated heterocycles. The van der Waals surface area contributed by atoms with Gasteiger partial charge in [0.15, 0.2) is 5.78 Å². The fourth-order valence-corrected chi connectivity index (χ4v) is 11.1. The molecule has 0 bridgehead atoms. The average Bonchev–Trinajstić information content (AvgIpc) is 3.30. The molecule has 1 aromatic rings. The molecule has 0 aromatic carbocycles. The van der Waals surface area contributed by atoms with E-state index in [4.69, 9.17) is 10.3 Å². The zero-order valence-electron chi connectivity index (χ0n) is 24.0. The topological polar surface area (TPSA) is 69.1 Å². The van der Waals surface area contributed by atoms with Crippen molar-refractivity contribution in [3.05, 3.63) is 29.2 Å². The van der Waals surface area contributed by atoms with Crippen molar-refractivity contribution in [2.45, 2.75) is 106 Å². The predicted molar refractivity (Wildman–Crippen MR) is 143 cm³/mol. The van der Waals surface area contributed by atoms with Crippen molar-refractivity contribution in [2.24, 2.45) is 56.5 Å². The van der Waals surface area contributed by atoms with E-state index in [0.717, 1.165) is 38.0 Å². The van der Waals surface area contributed by atoms with Gasteiger partial charge in [0.25, 0.3) is 0 Å². The summed E-state index contributed by atoms with van der Waals surface area (Å²) in [6, 6.07) is 0. The Bertz CT molecular complexity index is 1150. The van der Waals surface area contributed by atoms with E-state index in [1.165, 1.54) is 30.4 Å². The van der Waals surface area contributed by atoms with E-state index < -0.39 is 0 Å². The number of hydrogen-bond acceptors (Lipinski definition) is 4. The van der Waals surface area contributed by atoms with Crippen LogP contribution in [-0.4, -0.2) is 17.5 Å². The predicted octanol–water partition coefficient (Wildman–Crippen LogP) is 6.87. The van der Waals surface area contributed by atoms with Crippen LogP contribution in [0.1, 0.15) is 105 Å². The molecule has 0 radical (unpaired) electrons. The minimum Gasteiger partial charge on any atom is -0.361 e. The fourth-order valence-electron chi connectivity index (χ4n) is 11.1. The number of hydrogen-bond donors (Lipinski definition) is 1. The monoisotopic (exact) mass is 492 g/mol. The van der Waals surface area contributed by atoms with E-state index in [1.54, 1.807) is 0 Å². The number of rotatable bonds is 1. The van der Waals surface area contributed by atoms with Crippen molar-refractivity contribution in [1.82, 2.24) is 5.16 Å². The zero-order chi connectivity index (χ0) is 26.1. The Morgan fingerprint density at radius 1 is 1.00 bits per heavy atom. The molecule has 36 heavy (non-hydrogen) atoms. The molecule has 3 fully saturated rings. The maximum atomic E-state index is 14.5. The van der Waals surface area contributed by atoms with E-state index in [9.17, 15) is 4.79 Å². The number of carbonyl (C=O) groups is 1. The van der Waals surface area contributed by atoms with Crippen LogP contribution in [0.15, 0.2) is 22.4 Å². The zero-order valence-corrected chi connectivity index (χ0v) is 24.0. The number of aromatic nitrogens is 1. The van der Waals surface area contributed by atoms with Gasteiger partial charge in [-0.15, -0.1) is 0 Å². The van der Waals surface area contributed by atoms with Gasteiger partial charge in [-0.05, 0) is 102 Å². The number of allylic oxidation sites excluding steroid dienone is 2. The lowest BCUT2D eigenvalue weighted by molar-refractivity contribution is -0.182. The highest BCUT2D eigenvalue weighted by Gasteiger charge is 2.72. The Hall–Kier alpha value is -1.42. The van der Waals surface area contributed by atoms with Gasteiger partial charge >= 0.3 is 0 Å². The molecule has 6 rings (SSSR count).